The Morgan fingerprint density at radius 1 is 1.08 bits per heavy atom. The number of hydrogen-bond acceptors (Lipinski definition) is 6. The molecule has 2 fully saturated rings. The van der Waals surface area contributed by atoms with Gasteiger partial charge in [-0.2, -0.15) is 0 Å². The number of likely N-dealkylation sites (tertiary alicyclic amines) is 2. The van der Waals surface area contributed by atoms with E-state index < -0.39 is 11.4 Å². The summed E-state index contributed by atoms with van der Waals surface area (Å²) in [6.45, 7) is 2.68. The summed E-state index contributed by atoms with van der Waals surface area (Å²) in [6, 6.07) is 15.1. The second-order valence-corrected chi connectivity index (χ2v) is 9.50. The molecule has 1 spiro atoms. The summed E-state index contributed by atoms with van der Waals surface area (Å²) in [4.78, 5) is 43.8. The molecule has 9 heteroatoms. The van der Waals surface area contributed by atoms with Gasteiger partial charge in [-0.3, -0.25) is 19.4 Å². The molecule has 0 radical (unpaired) electrons. The van der Waals surface area contributed by atoms with Crippen LogP contribution in [0, 0.1) is 5.41 Å². The first kappa shape index (κ1) is 23.9. The number of amides is 2. The van der Waals surface area contributed by atoms with Crippen LogP contribution in [0.25, 0.3) is 10.9 Å². The summed E-state index contributed by atoms with van der Waals surface area (Å²) in [5.41, 5.74) is 1.31. The summed E-state index contributed by atoms with van der Waals surface area (Å²) in [5, 5.41) is 9.88. The van der Waals surface area contributed by atoms with Gasteiger partial charge in [-0.15, -0.1) is 0 Å². The van der Waals surface area contributed by atoms with Crippen molar-refractivity contribution in [1.29, 1.82) is 0 Å². The fourth-order valence-electron chi connectivity index (χ4n) is 5.23. The second-order valence-electron chi connectivity index (χ2n) is 9.50. The quantitative estimate of drug-likeness (QED) is 0.465. The number of H-pyrrole nitrogens is 1. The minimum Gasteiger partial charge on any atom is -0.493 e. The molecule has 2 aliphatic rings. The van der Waals surface area contributed by atoms with Gasteiger partial charge in [0, 0.05) is 24.4 Å². The maximum Gasteiger partial charge on any atom is 0.352 e. The average Bonchev–Trinajstić information content (AvgIpc) is 3.40. The lowest BCUT2D eigenvalue weighted by molar-refractivity contribution is -0.143. The second kappa shape index (κ2) is 9.66. The van der Waals surface area contributed by atoms with E-state index in [9.17, 15) is 19.5 Å². The van der Waals surface area contributed by atoms with E-state index in [4.69, 9.17) is 9.47 Å². The lowest BCUT2D eigenvalue weighted by Gasteiger charge is -2.37. The van der Waals surface area contributed by atoms with Crippen LogP contribution in [-0.2, 0) is 16.1 Å². The van der Waals surface area contributed by atoms with E-state index in [1.807, 2.05) is 18.2 Å². The maximum atomic E-state index is 13.3. The van der Waals surface area contributed by atoms with E-state index in [0.717, 1.165) is 19.6 Å². The Labute approximate surface area is 208 Å². The van der Waals surface area contributed by atoms with Crippen LogP contribution in [0.2, 0.25) is 0 Å². The van der Waals surface area contributed by atoms with Crippen LogP contribution in [-0.4, -0.2) is 71.0 Å². The van der Waals surface area contributed by atoms with Crippen molar-refractivity contribution < 1.29 is 29.0 Å². The Bertz CT molecular complexity index is 1290. The third-order valence-electron chi connectivity index (χ3n) is 7.26. The number of carboxylic acids is 1. The lowest BCUT2D eigenvalue weighted by Crippen LogP contribution is -2.45. The molecule has 2 amide bonds. The highest BCUT2D eigenvalue weighted by atomic mass is 16.5. The van der Waals surface area contributed by atoms with E-state index in [0.29, 0.717) is 35.2 Å². The molecule has 9 nitrogen and oxygen atoms in total. The van der Waals surface area contributed by atoms with E-state index in [1.165, 1.54) is 23.6 Å². The number of fused-ring (bicyclic) bond motifs is 1. The summed E-state index contributed by atoms with van der Waals surface area (Å²) >= 11 is 0. The van der Waals surface area contributed by atoms with Crippen molar-refractivity contribution in [3.8, 4) is 11.5 Å². The minimum absolute atomic E-state index is 0.0672. The number of nitrogens with one attached hydrogen (secondary N) is 1. The average molecular weight is 492 g/mol. The molecule has 2 saturated heterocycles. The number of imide groups is 1. The number of rotatable bonds is 8. The largest absolute Gasteiger partial charge is 0.493 e. The molecule has 0 unspecified atom stereocenters. The molecule has 3 heterocycles. The smallest absolute Gasteiger partial charge is 0.352 e. The van der Waals surface area contributed by atoms with Gasteiger partial charge in [0.1, 0.15) is 12.3 Å². The standard InChI is InChI=1S/C27H29N3O6/c1-35-22-15-20-19(13-21(28-20)25(32)33)14-23(22)36-12-11-30-24(31)16-27(26(30)34)7-9-29(10-8-27)17-18-5-3-2-4-6-18/h2-6,13-15,28H,7-12,16-17H2,1H3,(H,32,33). The fourth-order valence-corrected chi connectivity index (χ4v) is 5.23. The Morgan fingerprint density at radius 3 is 2.53 bits per heavy atom. The van der Waals surface area contributed by atoms with Gasteiger partial charge in [0.15, 0.2) is 11.5 Å². The monoisotopic (exact) mass is 491 g/mol. The van der Waals surface area contributed by atoms with Gasteiger partial charge in [0.25, 0.3) is 0 Å². The van der Waals surface area contributed by atoms with Crippen LogP contribution in [0.3, 0.4) is 0 Å². The third kappa shape index (κ3) is 4.54. The molecule has 2 aromatic carbocycles. The van der Waals surface area contributed by atoms with Gasteiger partial charge in [0.05, 0.1) is 24.6 Å². The number of ether oxygens (including phenoxy) is 2. The molecule has 3 aromatic rings. The molecule has 1 aromatic heterocycles. The summed E-state index contributed by atoms with van der Waals surface area (Å²) < 4.78 is 11.3. The SMILES string of the molecule is COc1cc2[nH]c(C(=O)O)cc2cc1OCCN1C(=O)CC2(CCN(Cc3ccccc3)CC2)C1=O. The molecule has 0 saturated carbocycles. The van der Waals surface area contributed by atoms with Crippen LogP contribution in [0.15, 0.2) is 48.5 Å². The number of benzene rings is 2. The molecule has 188 valence electrons. The number of methoxy groups -OCH3 is 1. The predicted octanol–water partition coefficient (Wildman–Crippen LogP) is 3.29. The zero-order chi connectivity index (χ0) is 25.3. The van der Waals surface area contributed by atoms with Gasteiger partial charge >= 0.3 is 5.97 Å². The van der Waals surface area contributed by atoms with Crippen LogP contribution >= 0.6 is 0 Å². The first-order valence-electron chi connectivity index (χ1n) is 12.1. The van der Waals surface area contributed by atoms with Crippen molar-refractivity contribution in [2.75, 3.05) is 33.4 Å². The van der Waals surface area contributed by atoms with E-state index in [-0.39, 0.29) is 37.1 Å². The van der Waals surface area contributed by atoms with Crippen LogP contribution in [0.4, 0.5) is 0 Å². The number of aromatic carboxylic acids is 1. The predicted molar refractivity (Wildman–Crippen MR) is 132 cm³/mol. The summed E-state index contributed by atoms with van der Waals surface area (Å²) in [5.74, 6) is -0.459. The number of aromatic amines is 1. The van der Waals surface area contributed by atoms with Crippen molar-refractivity contribution in [2.45, 2.75) is 25.8 Å². The third-order valence-corrected chi connectivity index (χ3v) is 7.26. The lowest BCUT2D eigenvalue weighted by atomic mass is 9.77. The molecule has 0 bridgehead atoms. The molecule has 0 atom stereocenters. The first-order chi connectivity index (χ1) is 17.4. The van der Waals surface area contributed by atoms with E-state index in [2.05, 4.69) is 22.0 Å². The summed E-state index contributed by atoms with van der Waals surface area (Å²) in [6.07, 6.45) is 1.60. The molecule has 0 aliphatic carbocycles. The van der Waals surface area contributed by atoms with Gasteiger partial charge in [-0.05, 0) is 43.6 Å². The van der Waals surface area contributed by atoms with Crippen molar-refractivity contribution in [2.24, 2.45) is 5.41 Å². The number of hydrogen-bond donors (Lipinski definition) is 2. The zero-order valence-electron chi connectivity index (χ0n) is 20.2. The number of piperidine rings is 1. The van der Waals surface area contributed by atoms with Gasteiger partial charge in [-0.1, -0.05) is 30.3 Å². The Morgan fingerprint density at radius 2 is 1.83 bits per heavy atom. The van der Waals surface area contributed by atoms with Crippen molar-refractivity contribution in [3.05, 3.63) is 59.8 Å². The molecule has 2 aliphatic heterocycles. The normalized spacial score (nSPS) is 17.8. The fraction of sp³-hybridized carbons (Fsp3) is 0.370. The highest BCUT2D eigenvalue weighted by Gasteiger charge is 2.52. The highest BCUT2D eigenvalue weighted by molar-refractivity contribution is 6.06. The number of carbonyl (C=O) groups is 3. The maximum absolute atomic E-state index is 13.3. The van der Waals surface area contributed by atoms with Crippen LogP contribution < -0.4 is 9.47 Å². The van der Waals surface area contributed by atoms with Crippen LogP contribution in [0.5, 0.6) is 11.5 Å². The number of nitrogens with zero attached hydrogens (tertiary/aromatic N) is 2. The number of aromatic nitrogens is 1. The zero-order valence-corrected chi connectivity index (χ0v) is 20.2. The van der Waals surface area contributed by atoms with Gasteiger partial charge < -0.3 is 19.6 Å². The molecule has 36 heavy (non-hydrogen) atoms. The van der Waals surface area contributed by atoms with E-state index >= 15 is 0 Å². The topological polar surface area (TPSA) is 112 Å². The summed E-state index contributed by atoms with van der Waals surface area (Å²) in [7, 11) is 1.50. The van der Waals surface area contributed by atoms with Crippen molar-refractivity contribution >= 4 is 28.7 Å². The Kier molecular flexibility index (Phi) is 6.40. The molecular weight excluding hydrogens is 462 g/mol. The molecule has 5 rings (SSSR count). The minimum atomic E-state index is -1.06. The molecular formula is C27H29N3O6. The van der Waals surface area contributed by atoms with E-state index in [1.54, 1.807) is 12.1 Å². The highest BCUT2D eigenvalue weighted by Crippen LogP contribution is 2.42. The molecule has 2 N–H and O–H groups in total. The first-order valence-corrected chi connectivity index (χ1v) is 12.1. The van der Waals surface area contributed by atoms with Crippen molar-refractivity contribution in [1.82, 2.24) is 14.8 Å². The van der Waals surface area contributed by atoms with Crippen molar-refractivity contribution in [3.63, 3.8) is 0 Å². The van der Waals surface area contributed by atoms with Crippen LogP contribution in [0.1, 0.15) is 35.3 Å². The van der Waals surface area contributed by atoms with Gasteiger partial charge in [-0.25, -0.2) is 4.79 Å². The Balaban J connectivity index is 1.20. The Hall–Kier alpha value is -3.85. The van der Waals surface area contributed by atoms with Gasteiger partial charge in [0.2, 0.25) is 11.8 Å². The number of carboxylic acid groups (broad SMARTS) is 1. The number of carbonyl (C=O) groups excluding carboxylic acids is 2.